The number of rotatable bonds is 5. The zero-order valence-corrected chi connectivity index (χ0v) is 7.21. The molecule has 0 aromatic heterocycles. The van der Waals surface area contributed by atoms with Crippen LogP contribution in [0.3, 0.4) is 0 Å². The molecule has 0 aliphatic carbocycles. The van der Waals surface area contributed by atoms with Crippen molar-refractivity contribution < 1.29 is 9.90 Å². The maximum Gasteiger partial charge on any atom is 0.307 e. The van der Waals surface area contributed by atoms with Gasteiger partial charge in [0.15, 0.2) is 0 Å². The number of carboxylic acids is 1. The fraction of sp³-hybridized carbons (Fsp3) is 0.667. The number of allylic oxidation sites excluding steroid dienone is 1. The van der Waals surface area contributed by atoms with E-state index in [0.29, 0.717) is 6.42 Å². The third kappa shape index (κ3) is 3.21. The van der Waals surface area contributed by atoms with Crippen LogP contribution in [-0.4, -0.2) is 11.1 Å². The lowest BCUT2D eigenvalue weighted by Crippen LogP contribution is -2.20. The molecule has 0 amide bonds. The third-order valence-corrected chi connectivity index (χ3v) is 2.07. The van der Waals surface area contributed by atoms with Gasteiger partial charge in [-0.3, -0.25) is 4.79 Å². The topological polar surface area (TPSA) is 37.3 Å². The Bertz CT molecular complexity index is 140. The Kier molecular flexibility index (Phi) is 4.59. The highest BCUT2D eigenvalue weighted by atomic mass is 16.4. The Balaban J connectivity index is 4.08. The first-order valence-electron chi connectivity index (χ1n) is 3.97. The average molecular weight is 156 g/mol. The summed E-state index contributed by atoms with van der Waals surface area (Å²) in [7, 11) is 0. The number of hydrogen-bond acceptors (Lipinski definition) is 1. The standard InChI is InChI=1S/C9H16O2/c1-4-6-8(9(10)11)7(3)5-2/h4,7-8H,1,5-6H2,2-3H3,(H,10,11). The van der Waals surface area contributed by atoms with Gasteiger partial charge in [0.2, 0.25) is 0 Å². The van der Waals surface area contributed by atoms with Crippen LogP contribution in [0.5, 0.6) is 0 Å². The summed E-state index contributed by atoms with van der Waals surface area (Å²) in [6, 6.07) is 0. The van der Waals surface area contributed by atoms with Gasteiger partial charge in [-0.05, 0) is 12.3 Å². The van der Waals surface area contributed by atoms with E-state index < -0.39 is 5.97 Å². The molecular weight excluding hydrogens is 140 g/mol. The summed E-state index contributed by atoms with van der Waals surface area (Å²) in [4.78, 5) is 10.6. The molecule has 64 valence electrons. The van der Waals surface area contributed by atoms with Crippen LogP contribution in [-0.2, 0) is 4.79 Å². The van der Waals surface area contributed by atoms with Gasteiger partial charge < -0.3 is 5.11 Å². The molecule has 2 atom stereocenters. The molecule has 0 radical (unpaired) electrons. The van der Waals surface area contributed by atoms with Gasteiger partial charge in [-0.15, -0.1) is 6.58 Å². The van der Waals surface area contributed by atoms with Crippen LogP contribution >= 0.6 is 0 Å². The predicted molar refractivity (Wildman–Crippen MR) is 45.4 cm³/mol. The van der Waals surface area contributed by atoms with E-state index in [1.807, 2.05) is 13.8 Å². The van der Waals surface area contributed by atoms with Gasteiger partial charge in [0.05, 0.1) is 5.92 Å². The number of aliphatic carboxylic acids is 1. The lowest BCUT2D eigenvalue weighted by atomic mass is 9.89. The first kappa shape index (κ1) is 10.2. The van der Waals surface area contributed by atoms with Gasteiger partial charge in [-0.2, -0.15) is 0 Å². The number of carboxylic acid groups (broad SMARTS) is 1. The quantitative estimate of drug-likeness (QED) is 0.620. The van der Waals surface area contributed by atoms with Gasteiger partial charge in [-0.25, -0.2) is 0 Å². The van der Waals surface area contributed by atoms with Crippen molar-refractivity contribution in [1.29, 1.82) is 0 Å². The summed E-state index contributed by atoms with van der Waals surface area (Å²) in [5.41, 5.74) is 0. The molecule has 0 saturated carbocycles. The monoisotopic (exact) mass is 156 g/mol. The first-order valence-corrected chi connectivity index (χ1v) is 3.97. The van der Waals surface area contributed by atoms with Crippen molar-refractivity contribution in [2.45, 2.75) is 26.7 Å². The summed E-state index contributed by atoms with van der Waals surface area (Å²) in [5.74, 6) is -0.720. The Labute approximate surface area is 67.9 Å². The average Bonchev–Trinajstić information content (AvgIpc) is 1.98. The molecule has 0 aromatic rings. The second kappa shape index (κ2) is 4.94. The van der Waals surface area contributed by atoms with Crippen LogP contribution in [0.25, 0.3) is 0 Å². The Hall–Kier alpha value is -0.790. The van der Waals surface area contributed by atoms with Crippen molar-refractivity contribution in [3.05, 3.63) is 12.7 Å². The van der Waals surface area contributed by atoms with Gasteiger partial charge in [0.1, 0.15) is 0 Å². The molecule has 0 saturated heterocycles. The van der Waals surface area contributed by atoms with Crippen LogP contribution < -0.4 is 0 Å². The van der Waals surface area contributed by atoms with E-state index in [2.05, 4.69) is 6.58 Å². The molecule has 0 fully saturated rings. The van der Waals surface area contributed by atoms with Crippen molar-refractivity contribution in [3.8, 4) is 0 Å². The minimum Gasteiger partial charge on any atom is -0.481 e. The van der Waals surface area contributed by atoms with Gasteiger partial charge in [0.25, 0.3) is 0 Å². The Morgan fingerprint density at radius 3 is 2.55 bits per heavy atom. The third-order valence-electron chi connectivity index (χ3n) is 2.07. The van der Waals surface area contributed by atoms with Crippen molar-refractivity contribution in [2.24, 2.45) is 11.8 Å². The molecule has 0 aliphatic rings. The molecule has 0 aromatic carbocycles. The molecule has 2 unspecified atom stereocenters. The summed E-state index contributed by atoms with van der Waals surface area (Å²) in [6.45, 7) is 7.50. The van der Waals surface area contributed by atoms with E-state index in [1.165, 1.54) is 0 Å². The van der Waals surface area contributed by atoms with Crippen LogP contribution in [0.1, 0.15) is 26.7 Å². The van der Waals surface area contributed by atoms with Crippen LogP contribution in [0.15, 0.2) is 12.7 Å². The zero-order valence-electron chi connectivity index (χ0n) is 7.21. The largest absolute Gasteiger partial charge is 0.481 e. The highest BCUT2D eigenvalue weighted by Crippen LogP contribution is 2.19. The molecular formula is C9H16O2. The van der Waals surface area contributed by atoms with E-state index in [9.17, 15) is 4.79 Å². The van der Waals surface area contributed by atoms with Crippen LogP contribution in [0, 0.1) is 11.8 Å². The molecule has 2 heteroatoms. The Morgan fingerprint density at radius 2 is 2.27 bits per heavy atom. The highest BCUT2D eigenvalue weighted by Gasteiger charge is 2.21. The van der Waals surface area contributed by atoms with Crippen molar-refractivity contribution in [2.75, 3.05) is 0 Å². The molecule has 2 nitrogen and oxygen atoms in total. The van der Waals surface area contributed by atoms with E-state index in [1.54, 1.807) is 6.08 Å². The fourth-order valence-corrected chi connectivity index (χ4v) is 1.04. The lowest BCUT2D eigenvalue weighted by Gasteiger charge is -2.16. The van der Waals surface area contributed by atoms with Gasteiger partial charge in [0, 0.05) is 0 Å². The van der Waals surface area contributed by atoms with Gasteiger partial charge in [-0.1, -0.05) is 26.3 Å². The normalized spacial score (nSPS) is 15.5. The maximum atomic E-state index is 10.6. The smallest absolute Gasteiger partial charge is 0.307 e. The second-order valence-corrected chi connectivity index (χ2v) is 2.85. The highest BCUT2D eigenvalue weighted by molar-refractivity contribution is 5.70. The fourth-order valence-electron chi connectivity index (χ4n) is 1.04. The molecule has 11 heavy (non-hydrogen) atoms. The second-order valence-electron chi connectivity index (χ2n) is 2.85. The van der Waals surface area contributed by atoms with Crippen molar-refractivity contribution in [1.82, 2.24) is 0 Å². The van der Waals surface area contributed by atoms with Crippen molar-refractivity contribution >= 4 is 5.97 Å². The van der Waals surface area contributed by atoms with Crippen molar-refractivity contribution in [3.63, 3.8) is 0 Å². The zero-order chi connectivity index (χ0) is 8.85. The molecule has 0 spiro atoms. The summed E-state index contributed by atoms with van der Waals surface area (Å²) in [6.07, 6.45) is 3.15. The van der Waals surface area contributed by atoms with Crippen LogP contribution in [0.2, 0.25) is 0 Å². The minimum atomic E-state index is -0.709. The summed E-state index contributed by atoms with van der Waals surface area (Å²) in [5, 5.41) is 8.76. The minimum absolute atomic E-state index is 0.241. The Morgan fingerprint density at radius 1 is 1.73 bits per heavy atom. The molecule has 0 bridgehead atoms. The molecule has 0 heterocycles. The maximum absolute atomic E-state index is 10.6. The lowest BCUT2D eigenvalue weighted by molar-refractivity contribution is -0.143. The molecule has 0 aliphatic heterocycles. The van der Waals surface area contributed by atoms with E-state index >= 15 is 0 Å². The van der Waals surface area contributed by atoms with Gasteiger partial charge >= 0.3 is 5.97 Å². The SMILES string of the molecule is C=CCC(C(=O)O)C(C)CC. The van der Waals surface area contributed by atoms with Crippen LogP contribution in [0.4, 0.5) is 0 Å². The van der Waals surface area contributed by atoms with E-state index in [-0.39, 0.29) is 11.8 Å². The summed E-state index contributed by atoms with van der Waals surface area (Å²) >= 11 is 0. The van der Waals surface area contributed by atoms with E-state index in [4.69, 9.17) is 5.11 Å². The number of hydrogen-bond donors (Lipinski definition) is 1. The van der Waals surface area contributed by atoms with E-state index in [0.717, 1.165) is 6.42 Å². The number of carbonyl (C=O) groups is 1. The molecule has 0 rings (SSSR count). The first-order chi connectivity index (χ1) is 5.13. The molecule has 1 N–H and O–H groups in total. The predicted octanol–water partition coefficient (Wildman–Crippen LogP) is 2.31. The summed E-state index contributed by atoms with van der Waals surface area (Å²) < 4.78 is 0.